The Morgan fingerprint density at radius 3 is 1.19 bits per heavy atom. The van der Waals surface area contributed by atoms with E-state index in [9.17, 15) is 24.6 Å². The second-order valence-corrected chi connectivity index (χ2v) is 18.2. The van der Waals surface area contributed by atoms with Gasteiger partial charge in [-0.25, -0.2) is 14.4 Å². The van der Waals surface area contributed by atoms with Crippen LogP contribution >= 0.6 is 0 Å². The number of aliphatic hydroxyl groups is 4. The van der Waals surface area contributed by atoms with Crippen molar-refractivity contribution in [3.63, 3.8) is 0 Å². The number of ether oxygens (including phenoxy) is 8. The minimum Gasteiger partial charge on any atom is -0.491 e. The monoisotopic (exact) mass is 951 g/mol. The molecule has 5 fully saturated rings. The number of esters is 3. The molecule has 2 bridgehead atoms. The summed E-state index contributed by atoms with van der Waals surface area (Å²) in [4.78, 5) is 32.0. The van der Waals surface area contributed by atoms with E-state index in [4.69, 9.17) is 38.6 Å². The molecular formula is C52H86O15. The quantitative estimate of drug-likeness (QED) is 0.0221. The summed E-state index contributed by atoms with van der Waals surface area (Å²) in [7, 11) is 0. The van der Waals surface area contributed by atoms with Gasteiger partial charge >= 0.3 is 17.9 Å². The van der Waals surface area contributed by atoms with Crippen LogP contribution in [0.15, 0.2) is 63.0 Å². The highest BCUT2D eigenvalue weighted by Gasteiger charge is 2.48. The van der Waals surface area contributed by atoms with Crippen molar-refractivity contribution in [1.82, 2.24) is 0 Å². The molecule has 5 saturated carbocycles. The fraction of sp³-hybridized carbons (Fsp3) is 0.750. The van der Waals surface area contributed by atoms with Gasteiger partial charge in [-0.1, -0.05) is 39.3 Å². The zero-order valence-corrected chi connectivity index (χ0v) is 40.7. The standard InChI is InChI=1S/C26H42O7.C10H16.2C8H14O4/c1-4-19(3)30-15-22(27)16-31-24-10-6-20(7-11-24)14-21-8-12-25(13-9-21)32-17-23(28)18-33-26(29)5-2;1-2-9-7-4-5-8(6-7)10(9)3-1;2*1-3-8(10)12-6-7(9)5-11-4-2/h4-5,20-25,27-28H,1-3,6-18H2;7-10H,1-6H2;2*3,7,9H,1,4-6H2,2H3. The number of aliphatic hydroxyl groups excluding tert-OH is 4. The van der Waals surface area contributed by atoms with E-state index in [2.05, 4.69) is 42.4 Å². The fourth-order valence-electron chi connectivity index (χ4n) is 9.73. The maximum Gasteiger partial charge on any atom is 0.330 e. The molecule has 0 amide bonds. The van der Waals surface area contributed by atoms with Gasteiger partial charge in [0.15, 0.2) is 0 Å². The summed E-state index contributed by atoms with van der Waals surface area (Å²) in [5.41, 5.74) is 0. The average Bonchev–Trinajstić information content (AvgIpc) is 4.12. The Kier molecular flexibility index (Phi) is 31.8. The lowest BCUT2D eigenvalue weighted by molar-refractivity contribution is -0.143. The van der Waals surface area contributed by atoms with Gasteiger partial charge in [-0.3, -0.25) is 0 Å². The molecule has 384 valence electrons. The highest BCUT2D eigenvalue weighted by Crippen LogP contribution is 2.58. The molecule has 5 rings (SSSR count). The molecule has 0 aliphatic heterocycles. The van der Waals surface area contributed by atoms with E-state index < -0.39 is 42.3 Å². The summed E-state index contributed by atoms with van der Waals surface area (Å²) in [5.74, 6) is 5.14. The summed E-state index contributed by atoms with van der Waals surface area (Å²) < 4.78 is 40.7. The van der Waals surface area contributed by atoms with Crippen molar-refractivity contribution in [3.05, 3.63) is 63.0 Å². The zero-order chi connectivity index (χ0) is 49.4. The van der Waals surface area contributed by atoms with Crippen molar-refractivity contribution in [2.45, 2.75) is 147 Å². The second-order valence-electron chi connectivity index (χ2n) is 18.2. The van der Waals surface area contributed by atoms with E-state index in [1.165, 1.54) is 49.0 Å². The number of allylic oxidation sites excluding steroid dienone is 1. The first-order valence-corrected chi connectivity index (χ1v) is 24.7. The van der Waals surface area contributed by atoms with Crippen molar-refractivity contribution in [3.8, 4) is 0 Å². The predicted octanol–water partition coefficient (Wildman–Crippen LogP) is 6.75. The van der Waals surface area contributed by atoms with Crippen LogP contribution in [0.3, 0.4) is 0 Å². The SMILES string of the molecule is C1CC2C3CCC(C3)C2C1.C=CC(=C)OCC(O)COC1CCC(CC2CCC(OCC(O)COC(=O)C=C)CC2)CC1.C=CC(=O)OCC(O)COCC.C=CC(=O)OCC(O)COCC. The molecule has 67 heavy (non-hydrogen) atoms. The van der Waals surface area contributed by atoms with Crippen LogP contribution in [0, 0.1) is 35.5 Å². The molecule has 0 aromatic heterocycles. The molecule has 5 aliphatic carbocycles. The van der Waals surface area contributed by atoms with Crippen LogP contribution in [0.1, 0.15) is 110 Å². The predicted molar refractivity (Wildman–Crippen MR) is 255 cm³/mol. The maximum absolute atomic E-state index is 11.0. The second kappa shape index (κ2) is 35.7. The normalized spacial score (nSPS) is 26.4. The van der Waals surface area contributed by atoms with Gasteiger partial charge in [-0.05, 0) is 145 Å². The van der Waals surface area contributed by atoms with E-state index in [1.807, 2.05) is 13.8 Å². The third kappa shape index (κ3) is 26.2. The van der Waals surface area contributed by atoms with Crippen LogP contribution in [-0.2, 0) is 52.3 Å². The van der Waals surface area contributed by atoms with E-state index in [1.54, 1.807) is 38.5 Å². The molecule has 0 saturated heterocycles. The fourth-order valence-corrected chi connectivity index (χ4v) is 9.73. The number of hydrogen-bond acceptors (Lipinski definition) is 15. The molecule has 0 spiro atoms. The lowest BCUT2D eigenvalue weighted by Gasteiger charge is -2.34. The molecule has 0 aromatic carbocycles. The van der Waals surface area contributed by atoms with Crippen molar-refractivity contribution in [1.29, 1.82) is 0 Å². The van der Waals surface area contributed by atoms with Gasteiger partial charge in [0.2, 0.25) is 0 Å². The van der Waals surface area contributed by atoms with Crippen LogP contribution in [0.4, 0.5) is 0 Å². The van der Waals surface area contributed by atoms with E-state index in [0.29, 0.717) is 19.0 Å². The zero-order valence-electron chi connectivity index (χ0n) is 40.7. The Balaban J connectivity index is 0.000000365. The molecule has 8 atom stereocenters. The van der Waals surface area contributed by atoms with Crippen molar-refractivity contribution < 1.29 is 72.7 Å². The molecule has 0 radical (unpaired) electrons. The van der Waals surface area contributed by atoms with Gasteiger partial charge in [0, 0.05) is 31.4 Å². The van der Waals surface area contributed by atoms with E-state index in [0.717, 1.165) is 68.6 Å². The largest absolute Gasteiger partial charge is 0.491 e. The molecule has 15 heteroatoms. The molecule has 15 nitrogen and oxygen atoms in total. The van der Waals surface area contributed by atoms with Crippen molar-refractivity contribution in [2.24, 2.45) is 35.5 Å². The maximum atomic E-state index is 11.0. The summed E-state index contributed by atoms with van der Waals surface area (Å²) in [6.45, 7) is 22.5. The third-order valence-corrected chi connectivity index (χ3v) is 13.1. The number of hydrogen-bond donors (Lipinski definition) is 4. The lowest BCUT2D eigenvalue weighted by atomic mass is 9.76. The van der Waals surface area contributed by atoms with Gasteiger partial charge in [-0.15, -0.1) is 0 Å². The molecule has 4 N–H and O–H groups in total. The Hall–Kier alpha value is -3.41. The first-order chi connectivity index (χ1) is 32.2. The molecule has 0 heterocycles. The average molecular weight is 951 g/mol. The molecule has 8 unspecified atom stereocenters. The van der Waals surface area contributed by atoms with Gasteiger partial charge < -0.3 is 58.3 Å². The first kappa shape index (κ1) is 59.7. The highest BCUT2D eigenvalue weighted by molar-refractivity contribution is 5.81. The third-order valence-electron chi connectivity index (χ3n) is 13.1. The first-order valence-electron chi connectivity index (χ1n) is 24.7. The number of carbonyl (C=O) groups excluding carboxylic acids is 3. The number of fused-ring (bicyclic) bond motifs is 5. The van der Waals surface area contributed by atoms with Crippen LogP contribution < -0.4 is 0 Å². The molecular weight excluding hydrogens is 865 g/mol. The number of rotatable bonds is 27. The van der Waals surface area contributed by atoms with Crippen LogP contribution in [0.5, 0.6) is 0 Å². The van der Waals surface area contributed by atoms with Gasteiger partial charge in [-0.2, -0.15) is 0 Å². The lowest BCUT2D eigenvalue weighted by Crippen LogP contribution is -2.30. The summed E-state index contributed by atoms with van der Waals surface area (Å²) in [6.07, 6.45) is 21.7. The van der Waals surface area contributed by atoms with Gasteiger partial charge in [0.1, 0.15) is 56.6 Å². The number of carbonyl (C=O) groups is 3. The van der Waals surface area contributed by atoms with Crippen molar-refractivity contribution >= 4 is 17.9 Å². The smallest absolute Gasteiger partial charge is 0.330 e. The van der Waals surface area contributed by atoms with Gasteiger partial charge in [0.05, 0.1) is 38.6 Å². The molecule has 0 aromatic rings. The minimum atomic E-state index is -0.802. The topological polar surface area (TPSA) is 206 Å². The summed E-state index contributed by atoms with van der Waals surface area (Å²) in [5, 5.41) is 38.0. The Bertz CT molecular complexity index is 1320. The minimum absolute atomic E-state index is 0.0507. The summed E-state index contributed by atoms with van der Waals surface area (Å²) in [6, 6.07) is 0. The Labute approximate surface area is 400 Å². The van der Waals surface area contributed by atoms with Crippen molar-refractivity contribution in [2.75, 3.05) is 66.1 Å². The Morgan fingerprint density at radius 2 is 0.851 bits per heavy atom. The Morgan fingerprint density at radius 1 is 0.493 bits per heavy atom. The van der Waals surface area contributed by atoms with E-state index >= 15 is 0 Å². The summed E-state index contributed by atoms with van der Waals surface area (Å²) >= 11 is 0. The van der Waals surface area contributed by atoms with Crippen LogP contribution in [0.2, 0.25) is 0 Å². The van der Waals surface area contributed by atoms with Crippen LogP contribution in [0.25, 0.3) is 0 Å². The molecule has 5 aliphatic rings. The van der Waals surface area contributed by atoms with Gasteiger partial charge in [0.25, 0.3) is 0 Å². The van der Waals surface area contributed by atoms with E-state index in [-0.39, 0.29) is 65.1 Å². The highest BCUT2D eigenvalue weighted by atomic mass is 16.6. The van der Waals surface area contributed by atoms with Crippen LogP contribution in [-0.4, -0.2) is 141 Å².